The van der Waals surface area contributed by atoms with Crippen molar-refractivity contribution in [3.8, 4) is 50.6 Å². The van der Waals surface area contributed by atoms with E-state index < -0.39 is 0 Å². The van der Waals surface area contributed by atoms with Gasteiger partial charge in [-0.2, -0.15) is 0 Å². The summed E-state index contributed by atoms with van der Waals surface area (Å²) < 4.78 is 2.43. The number of para-hydroxylation sites is 3. The molecule has 4 heterocycles. The molecule has 0 saturated carbocycles. The molecule has 0 unspecified atom stereocenters. The number of benzene rings is 8. The van der Waals surface area contributed by atoms with Crippen molar-refractivity contribution < 1.29 is 0 Å². The number of fused-ring (bicyclic) bond motifs is 10. The second-order valence-electron chi connectivity index (χ2n) is 15.1. The molecule has 8 aromatic carbocycles. The van der Waals surface area contributed by atoms with Crippen LogP contribution in [-0.2, 0) is 0 Å². The van der Waals surface area contributed by atoms with Crippen molar-refractivity contribution in [1.29, 1.82) is 0 Å². The van der Waals surface area contributed by atoms with Gasteiger partial charge in [0, 0.05) is 65.6 Å². The van der Waals surface area contributed by atoms with E-state index in [1.165, 1.54) is 27.2 Å². The zero-order valence-corrected chi connectivity index (χ0v) is 31.9. The lowest BCUT2D eigenvalue weighted by Gasteiger charge is -2.16. The van der Waals surface area contributed by atoms with E-state index >= 15 is 0 Å². The highest BCUT2D eigenvalue weighted by molar-refractivity contribution is 6.28. The molecule has 0 radical (unpaired) electrons. The van der Waals surface area contributed by atoms with E-state index in [0.29, 0.717) is 0 Å². The Labute approximate surface area is 340 Å². The lowest BCUT2D eigenvalue weighted by atomic mass is 9.94. The smallest absolute Gasteiger partial charge is 0.0972 e. The maximum absolute atomic E-state index is 5.56. The van der Waals surface area contributed by atoms with Gasteiger partial charge in [-0.15, -0.1) is 0 Å². The summed E-state index contributed by atoms with van der Waals surface area (Å²) in [6, 6.07) is 73.1. The van der Waals surface area contributed by atoms with E-state index in [1.54, 1.807) is 0 Å². The average molecular weight is 751 g/mol. The Hall–Kier alpha value is -7.95. The molecule has 0 atom stereocenters. The molecule has 0 aliphatic carbocycles. The van der Waals surface area contributed by atoms with E-state index in [4.69, 9.17) is 15.0 Å². The Morgan fingerprint density at radius 3 is 1.56 bits per heavy atom. The van der Waals surface area contributed by atoms with E-state index in [2.05, 4.69) is 193 Å². The minimum Gasteiger partial charge on any atom is -0.309 e. The van der Waals surface area contributed by atoms with E-state index in [0.717, 1.165) is 88.7 Å². The fraction of sp³-hybridized carbons (Fsp3) is 0. The molecule has 12 rings (SSSR count). The van der Waals surface area contributed by atoms with Crippen molar-refractivity contribution in [2.75, 3.05) is 0 Å². The normalized spacial score (nSPS) is 11.7. The summed E-state index contributed by atoms with van der Waals surface area (Å²) in [5.41, 5.74) is 14.5. The van der Waals surface area contributed by atoms with Crippen molar-refractivity contribution in [3.63, 3.8) is 0 Å². The van der Waals surface area contributed by atoms with Gasteiger partial charge in [0.25, 0.3) is 0 Å². The molecule has 4 nitrogen and oxygen atoms in total. The molecular weight excluding hydrogens is 717 g/mol. The first-order valence-electron chi connectivity index (χ1n) is 20.0. The molecule has 0 saturated heterocycles. The first kappa shape index (κ1) is 33.2. The van der Waals surface area contributed by atoms with E-state index in [1.807, 2.05) is 18.2 Å². The molecule has 12 aromatic rings. The van der Waals surface area contributed by atoms with Crippen molar-refractivity contribution in [2.45, 2.75) is 0 Å². The third-order valence-corrected chi connectivity index (χ3v) is 11.8. The highest BCUT2D eigenvalue weighted by Crippen LogP contribution is 2.44. The summed E-state index contributed by atoms with van der Waals surface area (Å²) in [6.45, 7) is 0. The van der Waals surface area contributed by atoms with Crippen LogP contribution in [0.5, 0.6) is 0 Å². The maximum atomic E-state index is 5.56. The average Bonchev–Trinajstić information content (AvgIpc) is 3.66. The monoisotopic (exact) mass is 750 g/mol. The van der Waals surface area contributed by atoms with Gasteiger partial charge in [0.05, 0.1) is 44.7 Å². The van der Waals surface area contributed by atoms with Crippen LogP contribution in [0.3, 0.4) is 0 Å². The van der Waals surface area contributed by atoms with Gasteiger partial charge < -0.3 is 4.57 Å². The molecule has 4 heteroatoms. The van der Waals surface area contributed by atoms with Crippen LogP contribution >= 0.6 is 0 Å². The maximum Gasteiger partial charge on any atom is 0.0972 e. The van der Waals surface area contributed by atoms with Crippen molar-refractivity contribution in [3.05, 3.63) is 206 Å². The van der Waals surface area contributed by atoms with Gasteiger partial charge in [-0.1, -0.05) is 176 Å². The minimum absolute atomic E-state index is 0.902. The molecule has 0 amide bonds. The molecule has 0 N–H and O–H groups in total. The van der Waals surface area contributed by atoms with Gasteiger partial charge in [-0.3, -0.25) is 0 Å². The Morgan fingerprint density at radius 1 is 0.322 bits per heavy atom. The van der Waals surface area contributed by atoms with Crippen molar-refractivity contribution in [2.24, 2.45) is 0 Å². The zero-order chi connectivity index (χ0) is 38.9. The predicted octanol–water partition coefficient (Wildman–Crippen LogP) is 14.2. The number of hydrogen-bond acceptors (Lipinski definition) is 3. The van der Waals surface area contributed by atoms with Crippen LogP contribution in [-0.4, -0.2) is 19.5 Å². The molecule has 274 valence electrons. The number of rotatable bonds is 5. The highest BCUT2D eigenvalue weighted by atomic mass is 15.0. The molecular formula is C55H34N4. The van der Waals surface area contributed by atoms with Gasteiger partial charge in [0.1, 0.15) is 0 Å². The Bertz CT molecular complexity index is 3580. The third-order valence-electron chi connectivity index (χ3n) is 11.8. The number of nitrogens with zero attached hydrogens (tertiary/aromatic N) is 4. The summed E-state index contributed by atoms with van der Waals surface area (Å²) >= 11 is 0. The van der Waals surface area contributed by atoms with Crippen LogP contribution in [0.1, 0.15) is 0 Å². The highest BCUT2D eigenvalue weighted by Gasteiger charge is 2.21. The lowest BCUT2D eigenvalue weighted by molar-refractivity contribution is 1.19. The van der Waals surface area contributed by atoms with Crippen LogP contribution < -0.4 is 0 Å². The lowest BCUT2D eigenvalue weighted by Crippen LogP contribution is -1.97. The number of aromatic nitrogens is 4. The Balaban J connectivity index is 1.05. The largest absolute Gasteiger partial charge is 0.309 e. The summed E-state index contributed by atoms with van der Waals surface area (Å²) in [4.78, 5) is 15.9. The fourth-order valence-electron chi connectivity index (χ4n) is 8.98. The summed E-state index contributed by atoms with van der Waals surface area (Å²) in [5.74, 6) is 0. The summed E-state index contributed by atoms with van der Waals surface area (Å²) in [7, 11) is 0. The van der Waals surface area contributed by atoms with Crippen LogP contribution in [0, 0.1) is 0 Å². The first-order chi connectivity index (χ1) is 29.3. The third kappa shape index (κ3) is 5.34. The fourth-order valence-corrected chi connectivity index (χ4v) is 8.98. The van der Waals surface area contributed by atoms with Crippen molar-refractivity contribution in [1.82, 2.24) is 19.5 Å². The number of hydrogen-bond donors (Lipinski definition) is 0. The van der Waals surface area contributed by atoms with Crippen molar-refractivity contribution >= 4 is 65.3 Å². The summed E-state index contributed by atoms with van der Waals surface area (Å²) in [5, 5.41) is 8.04. The zero-order valence-electron chi connectivity index (χ0n) is 31.9. The van der Waals surface area contributed by atoms with Crippen LogP contribution in [0.4, 0.5) is 0 Å². The van der Waals surface area contributed by atoms with Crippen LogP contribution in [0.25, 0.3) is 116 Å². The first-order valence-corrected chi connectivity index (χ1v) is 20.0. The van der Waals surface area contributed by atoms with E-state index in [-0.39, 0.29) is 0 Å². The van der Waals surface area contributed by atoms with Gasteiger partial charge in [0.2, 0.25) is 0 Å². The molecule has 0 aliphatic heterocycles. The number of pyridine rings is 3. The standard InChI is InChI=1S/C55H34N4/c1-4-13-36(14-5-1)47-33-29-39-27-28-40-30-34-48(57-53(40)52(39)56-47)37-25-23-35(24-26-37)42-20-12-21-45-50-46(51(58-54(42)45)38-15-6-2-7-16-38)32-31-44-43-19-10-11-22-49(43)59(55(44)50)41-17-8-3-9-18-41/h1-34H. The second-order valence-corrected chi connectivity index (χ2v) is 15.1. The molecule has 0 fully saturated rings. The van der Waals surface area contributed by atoms with E-state index in [9.17, 15) is 0 Å². The predicted molar refractivity (Wildman–Crippen MR) is 246 cm³/mol. The molecule has 0 bridgehead atoms. The SMILES string of the molecule is c1ccc(-c2ccc3ccc4ccc(-c5ccc(-c6cccc7c6nc(-c6ccccc6)c6ccc8c9ccccc9n(-c9ccccc9)c8c67)cc5)nc4c3n2)cc1. The molecule has 59 heavy (non-hydrogen) atoms. The van der Waals surface area contributed by atoms with Gasteiger partial charge in [-0.05, 0) is 35.9 Å². The second kappa shape index (κ2) is 13.3. The van der Waals surface area contributed by atoms with Crippen LogP contribution in [0.15, 0.2) is 206 Å². The molecule has 4 aromatic heterocycles. The molecule has 0 aliphatic rings. The molecule has 0 spiro atoms. The van der Waals surface area contributed by atoms with Gasteiger partial charge in [0.15, 0.2) is 0 Å². The Morgan fingerprint density at radius 2 is 0.864 bits per heavy atom. The van der Waals surface area contributed by atoms with Crippen LogP contribution in [0.2, 0.25) is 0 Å². The quantitative estimate of drug-likeness (QED) is 0.165. The summed E-state index contributed by atoms with van der Waals surface area (Å²) in [6.07, 6.45) is 0. The van der Waals surface area contributed by atoms with Gasteiger partial charge >= 0.3 is 0 Å². The Kier molecular flexibility index (Phi) is 7.50. The topological polar surface area (TPSA) is 43.6 Å². The van der Waals surface area contributed by atoms with Gasteiger partial charge in [-0.25, -0.2) is 15.0 Å². The minimum atomic E-state index is 0.902.